The van der Waals surface area contributed by atoms with E-state index >= 15 is 0 Å². The fourth-order valence-electron chi connectivity index (χ4n) is 3.76. The zero-order chi connectivity index (χ0) is 22.9. The molecule has 2 aromatic heterocycles. The van der Waals surface area contributed by atoms with Crippen LogP contribution in [-0.2, 0) is 13.1 Å². The van der Waals surface area contributed by atoms with E-state index in [0.717, 1.165) is 22.4 Å². The lowest BCUT2D eigenvalue weighted by Crippen LogP contribution is -2.39. The van der Waals surface area contributed by atoms with Gasteiger partial charge in [0.15, 0.2) is 0 Å². The Bertz CT molecular complexity index is 1310. The number of halogens is 2. The van der Waals surface area contributed by atoms with Crippen molar-refractivity contribution in [2.75, 3.05) is 7.05 Å². The van der Waals surface area contributed by atoms with Gasteiger partial charge in [0.05, 0.1) is 18.4 Å². The van der Waals surface area contributed by atoms with Gasteiger partial charge in [-0.2, -0.15) is 8.78 Å². The van der Waals surface area contributed by atoms with E-state index in [0.29, 0.717) is 24.2 Å². The lowest BCUT2D eigenvalue weighted by molar-refractivity contribution is 0.00273. The van der Waals surface area contributed by atoms with Crippen LogP contribution in [0.1, 0.15) is 33.8 Å². The predicted octanol–water partition coefficient (Wildman–Crippen LogP) is 4.13. The maximum atomic E-state index is 13.1. The van der Waals surface area contributed by atoms with Crippen LogP contribution in [0.4, 0.5) is 8.78 Å². The molecule has 1 aliphatic rings. The number of hydrogen-bond acceptors (Lipinski definition) is 7. The fraction of sp³-hybridized carbons (Fsp3) is 0.174. The van der Waals surface area contributed by atoms with Crippen molar-refractivity contribution in [1.82, 2.24) is 30.2 Å². The minimum absolute atomic E-state index is 0.0477. The van der Waals surface area contributed by atoms with Gasteiger partial charge in [-0.3, -0.25) is 19.8 Å². The molecule has 0 fully saturated rings. The summed E-state index contributed by atoms with van der Waals surface area (Å²) in [4.78, 5) is 21.5. The SMILES string of the molecule is CN(Cc1cccc(-c2cnccn2)c1)N1Cc2ccc(-c3nnc(C(F)F)o3)cc2C1=O. The van der Waals surface area contributed by atoms with Crippen LogP contribution in [0.15, 0.2) is 65.5 Å². The average Bonchev–Trinajstić information content (AvgIpc) is 3.45. The molecule has 0 saturated heterocycles. The zero-order valence-corrected chi connectivity index (χ0v) is 17.5. The van der Waals surface area contributed by atoms with Gasteiger partial charge in [0.25, 0.3) is 11.8 Å². The zero-order valence-electron chi connectivity index (χ0n) is 17.5. The second-order valence-electron chi connectivity index (χ2n) is 7.59. The third kappa shape index (κ3) is 4.08. The van der Waals surface area contributed by atoms with Crippen LogP contribution in [0, 0.1) is 0 Å². The molecule has 4 aromatic rings. The van der Waals surface area contributed by atoms with Crippen molar-refractivity contribution in [3.05, 3.63) is 83.6 Å². The molecule has 0 saturated carbocycles. The first-order valence-electron chi connectivity index (χ1n) is 10.1. The number of fused-ring (bicyclic) bond motifs is 1. The van der Waals surface area contributed by atoms with Crippen LogP contribution in [0.5, 0.6) is 0 Å². The molecule has 0 N–H and O–H groups in total. The summed E-state index contributed by atoms with van der Waals surface area (Å²) in [5.41, 5.74) is 4.45. The number of aromatic nitrogens is 4. The Morgan fingerprint density at radius 3 is 2.76 bits per heavy atom. The summed E-state index contributed by atoms with van der Waals surface area (Å²) in [6.07, 6.45) is 2.12. The molecule has 0 atom stereocenters. The average molecular weight is 448 g/mol. The molecule has 10 heteroatoms. The fourth-order valence-corrected chi connectivity index (χ4v) is 3.76. The standard InChI is InChI=1S/C23H18F2N6O2/c1-30(12-14-3-2-4-15(9-14)19-11-26-7-8-27-19)31-13-17-6-5-16(10-18(17)23(31)32)21-28-29-22(33-21)20(24)25/h2-11,20H,12-13H2,1H3. The summed E-state index contributed by atoms with van der Waals surface area (Å²) in [5, 5.41) is 10.5. The van der Waals surface area contributed by atoms with Gasteiger partial charge in [-0.05, 0) is 29.3 Å². The highest BCUT2D eigenvalue weighted by molar-refractivity contribution is 5.99. The van der Waals surface area contributed by atoms with Crippen LogP contribution in [0.3, 0.4) is 0 Å². The van der Waals surface area contributed by atoms with Crippen molar-refractivity contribution < 1.29 is 18.0 Å². The second-order valence-corrected chi connectivity index (χ2v) is 7.59. The van der Waals surface area contributed by atoms with E-state index in [4.69, 9.17) is 4.42 Å². The van der Waals surface area contributed by atoms with Crippen molar-refractivity contribution in [2.45, 2.75) is 19.5 Å². The summed E-state index contributed by atoms with van der Waals surface area (Å²) in [7, 11) is 1.84. The molecule has 1 amide bonds. The van der Waals surface area contributed by atoms with Crippen molar-refractivity contribution in [3.8, 4) is 22.7 Å². The number of alkyl halides is 2. The number of nitrogens with zero attached hydrogens (tertiary/aromatic N) is 6. The van der Waals surface area contributed by atoms with Crippen LogP contribution >= 0.6 is 0 Å². The van der Waals surface area contributed by atoms with Gasteiger partial charge < -0.3 is 4.42 Å². The van der Waals surface area contributed by atoms with E-state index in [1.54, 1.807) is 41.8 Å². The largest absolute Gasteiger partial charge is 0.415 e. The monoisotopic (exact) mass is 448 g/mol. The summed E-state index contributed by atoms with van der Waals surface area (Å²) in [6.45, 7) is 0.906. The molecule has 166 valence electrons. The summed E-state index contributed by atoms with van der Waals surface area (Å²) in [5.74, 6) is -0.983. The maximum Gasteiger partial charge on any atom is 0.314 e. The predicted molar refractivity (Wildman–Crippen MR) is 113 cm³/mol. The van der Waals surface area contributed by atoms with E-state index < -0.39 is 12.3 Å². The highest BCUT2D eigenvalue weighted by Gasteiger charge is 2.31. The highest BCUT2D eigenvalue weighted by Crippen LogP contribution is 2.30. The van der Waals surface area contributed by atoms with E-state index in [1.807, 2.05) is 36.3 Å². The van der Waals surface area contributed by atoms with E-state index in [-0.39, 0.29) is 11.8 Å². The first-order chi connectivity index (χ1) is 16.0. The minimum atomic E-state index is -2.85. The lowest BCUT2D eigenvalue weighted by Gasteiger charge is -2.28. The Morgan fingerprint density at radius 2 is 2.00 bits per heavy atom. The third-order valence-electron chi connectivity index (χ3n) is 5.38. The highest BCUT2D eigenvalue weighted by atomic mass is 19.3. The molecule has 0 radical (unpaired) electrons. The molecule has 0 unspecified atom stereocenters. The number of hydrogen-bond donors (Lipinski definition) is 0. The van der Waals surface area contributed by atoms with Crippen LogP contribution < -0.4 is 0 Å². The Labute approximate surface area is 187 Å². The molecular weight excluding hydrogens is 430 g/mol. The number of carbonyl (C=O) groups is 1. The normalized spacial score (nSPS) is 13.2. The molecule has 8 nitrogen and oxygen atoms in total. The number of benzene rings is 2. The topological polar surface area (TPSA) is 88.2 Å². The molecule has 0 aliphatic carbocycles. The van der Waals surface area contributed by atoms with Crippen molar-refractivity contribution in [3.63, 3.8) is 0 Å². The molecule has 0 spiro atoms. The molecule has 33 heavy (non-hydrogen) atoms. The number of amides is 1. The quantitative estimate of drug-likeness (QED) is 0.438. The van der Waals surface area contributed by atoms with Crippen LogP contribution in [-0.4, -0.2) is 43.1 Å². The molecule has 5 rings (SSSR count). The van der Waals surface area contributed by atoms with E-state index in [2.05, 4.69) is 20.2 Å². The van der Waals surface area contributed by atoms with Gasteiger partial charge >= 0.3 is 6.43 Å². The van der Waals surface area contributed by atoms with Crippen molar-refractivity contribution >= 4 is 5.91 Å². The van der Waals surface area contributed by atoms with Gasteiger partial charge in [-0.25, -0.2) is 5.01 Å². The smallest absolute Gasteiger partial charge is 0.314 e. The lowest BCUT2D eigenvalue weighted by atomic mass is 10.1. The van der Waals surface area contributed by atoms with Crippen LogP contribution in [0.2, 0.25) is 0 Å². The van der Waals surface area contributed by atoms with Gasteiger partial charge in [0, 0.05) is 42.7 Å². The van der Waals surface area contributed by atoms with Crippen molar-refractivity contribution in [1.29, 1.82) is 0 Å². The van der Waals surface area contributed by atoms with Gasteiger partial charge in [-0.1, -0.05) is 24.3 Å². The first-order valence-corrected chi connectivity index (χ1v) is 10.1. The van der Waals surface area contributed by atoms with Gasteiger partial charge in [-0.15, -0.1) is 10.2 Å². The third-order valence-corrected chi connectivity index (χ3v) is 5.38. The first kappa shape index (κ1) is 20.8. The molecule has 2 aromatic carbocycles. The molecule has 3 heterocycles. The Kier molecular flexibility index (Phi) is 5.35. The molecule has 1 aliphatic heterocycles. The minimum Gasteiger partial charge on any atom is -0.415 e. The number of rotatable bonds is 6. The Morgan fingerprint density at radius 1 is 1.12 bits per heavy atom. The van der Waals surface area contributed by atoms with Gasteiger partial charge in [0.2, 0.25) is 5.89 Å². The number of hydrazine groups is 1. The summed E-state index contributed by atoms with van der Waals surface area (Å²) < 4.78 is 30.5. The Balaban J connectivity index is 1.33. The maximum absolute atomic E-state index is 13.1. The Hall–Kier alpha value is -4.05. The van der Waals surface area contributed by atoms with Crippen LogP contribution in [0.25, 0.3) is 22.7 Å². The van der Waals surface area contributed by atoms with Gasteiger partial charge in [0.1, 0.15) is 0 Å². The molecular formula is C23H18F2N6O2. The van der Waals surface area contributed by atoms with E-state index in [9.17, 15) is 13.6 Å². The summed E-state index contributed by atoms with van der Waals surface area (Å²) >= 11 is 0. The van der Waals surface area contributed by atoms with Crippen molar-refractivity contribution in [2.24, 2.45) is 0 Å². The molecule has 0 bridgehead atoms. The second kappa shape index (κ2) is 8.47. The number of carbonyl (C=O) groups excluding carboxylic acids is 1. The van der Waals surface area contributed by atoms with E-state index in [1.165, 1.54) is 0 Å². The summed E-state index contributed by atoms with van der Waals surface area (Å²) in [6, 6.07) is 13.0.